The van der Waals surface area contributed by atoms with Crippen LogP contribution in [0, 0.1) is 0 Å². The number of aliphatic imine (C=N–C) groups is 1. The number of amidine groups is 1. The molecule has 0 amide bonds. The van der Waals surface area contributed by atoms with Crippen LogP contribution in [-0.4, -0.2) is 32.6 Å². The van der Waals surface area contributed by atoms with Gasteiger partial charge in [0, 0.05) is 32.5 Å². The van der Waals surface area contributed by atoms with E-state index in [9.17, 15) is 0 Å². The van der Waals surface area contributed by atoms with Crippen LogP contribution in [0.5, 0.6) is 0 Å². The Morgan fingerprint density at radius 2 is 1.81 bits per heavy atom. The van der Waals surface area contributed by atoms with Crippen LogP contribution in [0.2, 0.25) is 0 Å². The van der Waals surface area contributed by atoms with E-state index < -0.39 is 0 Å². The lowest BCUT2D eigenvalue weighted by molar-refractivity contribution is 1.13. The van der Waals surface area contributed by atoms with Gasteiger partial charge in [-0.25, -0.2) is 0 Å². The number of nitrogens with one attached hydrogen (secondary N) is 1. The predicted octanol–water partition coefficient (Wildman–Crippen LogP) is 3.13. The quantitative estimate of drug-likeness (QED) is 0.504. The highest BCUT2D eigenvalue weighted by molar-refractivity contribution is 14.0. The minimum absolute atomic E-state index is 0. The summed E-state index contributed by atoms with van der Waals surface area (Å²) < 4.78 is 0. The second-order valence-electron chi connectivity index (χ2n) is 3.30. The van der Waals surface area contributed by atoms with Gasteiger partial charge in [0.05, 0.1) is 0 Å². The Labute approximate surface area is 119 Å². The summed E-state index contributed by atoms with van der Waals surface area (Å²) in [7, 11) is 5.85. The van der Waals surface area contributed by atoms with Gasteiger partial charge in [-0.15, -0.1) is 24.0 Å². The van der Waals surface area contributed by atoms with Gasteiger partial charge in [-0.2, -0.15) is 0 Å². The SMILES string of the molecule is CN=C(Nc1ccc(N(C)C)cc1)SC.I. The molecule has 0 heterocycles. The summed E-state index contributed by atoms with van der Waals surface area (Å²) in [4.78, 5) is 6.19. The van der Waals surface area contributed by atoms with Gasteiger partial charge in [0.2, 0.25) is 0 Å². The third kappa shape index (κ3) is 4.61. The summed E-state index contributed by atoms with van der Waals surface area (Å²) in [5.41, 5.74) is 2.26. The zero-order chi connectivity index (χ0) is 11.3. The van der Waals surface area contributed by atoms with Crippen LogP contribution in [0.25, 0.3) is 0 Å². The number of rotatable bonds is 2. The van der Waals surface area contributed by atoms with Gasteiger partial charge in [-0.05, 0) is 30.5 Å². The molecule has 1 aromatic rings. The Kier molecular flexibility index (Phi) is 7.57. The molecule has 0 atom stereocenters. The molecule has 0 saturated heterocycles. The zero-order valence-corrected chi connectivity index (χ0v) is 13.2. The Hall–Kier alpha value is -0.430. The molecule has 0 aliphatic heterocycles. The van der Waals surface area contributed by atoms with E-state index in [0.717, 1.165) is 10.9 Å². The van der Waals surface area contributed by atoms with Crippen LogP contribution in [0.3, 0.4) is 0 Å². The van der Waals surface area contributed by atoms with Crippen molar-refractivity contribution >= 4 is 52.3 Å². The Balaban J connectivity index is 0.00000225. The average Bonchev–Trinajstić information content (AvgIpc) is 2.26. The van der Waals surface area contributed by atoms with Crippen LogP contribution in [0.1, 0.15) is 0 Å². The van der Waals surface area contributed by atoms with Crippen LogP contribution in [0.15, 0.2) is 29.3 Å². The van der Waals surface area contributed by atoms with Gasteiger partial charge in [0.15, 0.2) is 5.17 Å². The van der Waals surface area contributed by atoms with Crippen LogP contribution in [0.4, 0.5) is 11.4 Å². The van der Waals surface area contributed by atoms with E-state index in [1.54, 1.807) is 18.8 Å². The van der Waals surface area contributed by atoms with Crippen molar-refractivity contribution in [1.29, 1.82) is 0 Å². The smallest absolute Gasteiger partial charge is 0.160 e. The number of benzene rings is 1. The van der Waals surface area contributed by atoms with E-state index in [1.165, 1.54) is 5.69 Å². The Morgan fingerprint density at radius 3 is 2.19 bits per heavy atom. The fourth-order valence-corrected chi connectivity index (χ4v) is 1.57. The minimum Gasteiger partial charge on any atom is -0.378 e. The second kappa shape index (κ2) is 7.78. The minimum atomic E-state index is 0. The summed E-state index contributed by atoms with van der Waals surface area (Å²) >= 11 is 1.60. The van der Waals surface area contributed by atoms with Gasteiger partial charge in [-0.1, -0.05) is 11.8 Å². The van der Waals surface area contributed by atoms with Crippen molar-refractivity contribution in [2.45, 2.75) is 0 Å². The first-order chi connectivity index (χ1) is 7.17. The molecule has 5 heteroatoms. The molecule has 0 saturated carbocycles. The van der Waals surface area contributed by atoms with Crippen LogP contribution in [-0.2, 0) is 0 Å². The number of anilines is 2. The molecular weight excluding hydrogens is 333 g/mol. The van der Waals surface area contributed by atoms with Gasteiger partial charge in [0.1, 0.15) is 0 Å². The van der Waals surface area contributed by atoms with Crippen molar-refractivity contribution in [3.05, 3.63) is 24.3 Å². The molecule has 1 N–H and O–H groups in total. The average molecular weight is 351 g/mol. The highest BCUT2D eigenvalue weighted by Crippen LogP contribution is 2.16. The second-order valence-corrected chi connectivity index (χ2v) is 4.09. The molecule has 0 fully saturated rings. The number of thioether (sulfide) groups is 1. The standard InChI is InChI=1S/C11H17N3S.HI/c1-12-11(15-4)13-9-5-7-10(8-6-9)14(2)3;/h5-8H,1-4H3,(H,12,13);1H. The molecule has 1 rings (SSSR count). The maximum absolute atomic E-state index is 4.12. The van der Waals surface area contributed by atoms with E-state index in [-0.39, 0.29) is 24.0 Å². The molecule has 3 nitrogen and oxygen atoms in total. The number of hydrogen-bond acceptors (Lipinski definition) is 3. The lowest BCUT2D eigenvalue weighted by Crippen LogP contribution is -2.09. The summed E-state index contributed by atoms with van der Waals surface area (Å²) in [5.74, 6) is 0. The van der Waals surface area contributed by atoms with Crippen molar-refractivity contribution in [3.8, 4) is 0 Å². The molecule has 1 aromatic carbocycles. The van der Waals surface area contributed by atoms with Gasteiger partial charge in [-0.3, -0.25) is 4.99 Å². The summed E-state index contributed by atoms with van der Waals surface area (Å²) in [6, 6.07) is 8.26. The largest absolute Gasteiger partial charge is 0.378 e. The van der Waals surface area contributed by atoms with E-state index in [1.807, 2.05) is 20.4 Å². The van der Waals surface area contributed by atoms with Crippen molar-refractivity contribution in [3.63, 3.8) is 0 Å². The van der Waals surface area contributed by atoms with Crippen molar-refractivity contribution in [2.75, 3.05) is 37.6 Å². The molecule has 0 unspecified atom stereocenters. The summed E-state index contributed by atoms with van der Waals surface area (Å²) in [6.07, 6.45) is 2.00. The number of halogens is 1. The van der Waals surface area contributed by atoms with E-state index in [0.29, 0.717) is 0 Å². The highest BCUT2D eigenvalue weighted by Gasteiger charge is 1.98. The van der Waals surface area contributed by atoms with E-state index in [2.05, 4.69) is 39.5 Å². The van der Waals surface area contributed by atoms with Crippen LogP contribution >= 0.6 is 35.7 Å². The van der Waals surface area contributed by atoms with Crippen LogP contribution < -0.4 is 10.2 Å². The summed E-state index contributed by atoms with van der Waals surface area (Å²) in [6.45, 7) is 0. The topological polar surface area (TPSA) is 27.6 Å². The maximum Gasteiger partial charge on any atom is 0.160 e. The normalized spacial score (nSPS) is 10.6. The monoisotopic (exact) mass is 351 g/mol. The Morgan fingerprint density at radius 1 is 1.25 bits per heavy atom. The Bertz CT molecular complexity index is 336. The molecule has 0 radical (unpaired) electrons. The maximum atomic E-state index is 4.12. The fourth-order valence-electron chi connectivity index (χ4n) is 1.16. The highest BCUT2D eigenvalue weighted by atomic mass is 127. The van der Waals surface area contributed by atoms with E-state index >= 15 is 0 Å². The molecule has 16 heavy (non-hydrogen) atoms. The molecule has 0 aromatic heterocycles. The molecule has 0 aliphatic carbocycles. The number of nitrogens with zero attached hydrogens (tertiary/aromatic N) is 2. The molecule has 90 valence electrons. The molecule has 0 aliphatic rings. The number of hydrogen-bond donors (Lipinski definition) is 1. The van der Waals surface area contributed by atoms with Crippen molar-refractivity contribution in [1.82, 2.24) is 0 Å². The first-order valence-corrected chi connectivity index (χ1v) is 5.95. The van der Waals surface area contributed by atoms with Gasteiger partial charge in [0.25, 0.3) is 0 Å². The summed E-state index contributed by atoms with van der Waals surface area (Å²) in [5, 5.41) is 4.16. The predicted molar refractivity (Wildman–Crippen MR) is 86.7 cm³/mol. The lowest BCUT2D eigenvalue weighted by Gasteiger charge is -2.13. The first-order valence-electron chi connectivity index (χ1n) is 4.72. The molecule has 0 bridgehead atoms. The third-order valence-corrected chi connectivity index (χ3v) is 2.70. The lowest BCUT2D eigenvalue weighted by atomic mass is 10.3. The third-order valence-electron chi connectivity index (χ3n) is 2.03. The molecule has 0 spiro atoms. The van der Waals surface area contributed by atoms with Gasteiger partial charge < -0.3 is 10.2 Å². The van der Waals surface area contributed by atoms with Crippen molar-refractivity contribution in [2.24, 2.45) is 4.99 Å². The zero-order valence-electron chi connectivity index (χ0n) is 10.0. The van der Waals surface area contributed by atoms with Gasteiger partial charge >= 0.3 is 0 Å². The first kappa shape index (κ1) is 15.6. The fraction of sp³-hybridized carbons (Fsp3) is 0.364. The van der Waals surface area contributed by atoms with Crippen molar-refractivity contribution < 1.29 is 0 Å². The van der Waals surface area contributed by atoms with E-state index in [4.69, 9.17) is 0 Å². The molecular formula is C11H18IN3S.